The Morgan fingerprint density at radius 3 is 2.84 bits per heavy atom. The van der Waals surface area contributed by atoms with Gasteiger partial charge < -0.3 is 10.6 Å². The minimum atomic E-state index is -4.38. The summed E-state index contributed by atoms with van der Waals surface area (Å²) in [5, 5.41) is 0.714. The fourth-order valence-corrected chi connectivity index (χ4v) is 3.45. The summed E-state index contributed by atoms with van der Waals surface area (Å²) in [6.07, 6.45) is 0.290. The number of amides is 1. The van der Waals surface area contributed by atoms with Crippen LogP contribution in [0.1, 0.15) is 31.2 Å². The van der Waals surface area contributed by atoms with Gasteiger partial charge in [0.1, 0.15) is 0 Å². The molecule has 0 saturated carbocycles. The number of hydrogen-bond acceptors (Lipinski definition) is 3. The van der Waals surface area contributed by atoms with E-state index >= 15 is 0 Å². The Labute approximate surface area is 143 Å². The molecule has 0 bridgehead atoms. The summed E-state index contributed by atoms with van der Waals surface area (Å²) in [6, 6.07) is 5.52. The number of halogens is 3. The van der Waals surface area contributed by atoms with Crippen molar-refractivity contribution in [2.75, 3.05) is 18.0 Å². The number of carbonyl (C=O) groups excluding carboxylic acids is 1. The quantitative estimate of drug-likeness (QED) is 0.913. The average Bonchev–Trinajstić information content (AvgIpc) is 2.58. The van der Waals surface area contributed by atoms with Crippen LogP contribution in [0.25, 0.3) is 10.9 Å². The van der Waals surface area contributed by atoms with E-state index in [1.807, 2.05) is 6.07 Å². The number of carbonyl (C=O) groups is 1. The second-order valence-corrected chi connectivity index (χ2v) is 6.52. The fraction of sp³-hybridized carbons (Fsp3) is 0.444. The maximum atomic E-state index is 12.9. The molecule has 1 atom stereocenters. The number of aromatic nitrogens is 1. The zero-order valence-electron chi connectivity index (χ0n) is 13.7. The lowest BCUT2D eigenvalue weighted by Gasteiger charge is -2.35. The first-order chi connectivity index (χ1) is 11.8. The summed E-state index contributed by atoms with van der Waals surface area (Å²) >= 11 is 0. The first-order valence-electron chi connectivity index (χ1n) is 8.34. The monoisotopic (exact) mass is 351 g/mol. The molecule has 25 heavy (non-hydrogen) atoms. The van der Waals surface area contributed by atoms with Gasteiger partial charge in [-0.15, -0.1) is 0 Å². The lowest BCUT2D eigenvalue weighted by molar-refractivity contribution is -0.137. The second-order valence-electron chi connectivity index (χ2n) is 6.52. The van der Waals surface area contributed by atoms with Gasteiger partial charge >= 0.3 is 6.18 Å². The van der Waals surface area contributed by atoms with Gasteiger partial charge in [-0.1, -0.05) is 6.07 Å². The molecule has 1 saturated heterocycles. The molecular weight excluding hydrogens is 331 g/mol. The number of anilines is 1. The number of hydrogen-bond donors (Lipinski definition) is 1. The Bertz CT molecular complexity index is 776. The maximum Gasteiger partial charge on any atom is 0.416 e. The van der Waals surface area contributed by atoms with Gasteiger partial charge in [0.25, 0.3) is 0 Å². The standard InChI is InChI=1S/C18H20F3N3O/c19-18(20,21)13-4-5-14-15(10-13)23-8-7-16(14)24-9-1-2-12(11-24)3-6-17(22)25/h4-5,7-8,10,12H,1-3,6,9,11H2,(H2,22,25). The van der Waals surface area contributed by atoms with Crippen molar-refractivity contribution in [1.82, 2.24) is 4.98 Å². The van der Waals surface area contributed by atoms with Crippen LogP contribution in [0.3, 0.4) is 0 Å². The van der Waals surface area contributed by atoms with Crippen LogP contribution in [-0.4, -0.2) is 24.0 Å². The highest BCUT2D eigenvalue weighted by Gasteiger charge is 2.31. The van der Waals surface area contributed by atoms with Crippen LogP contribution in [0.5, 0.6) is 0 Å². The molecule has 3 rings (SSSR count). The van der Waals surface area contributed by atoms with Gasteiger partial charge in [-0.2, -0.15) is 13.2 Å². The highest BCUT2D eigenvalue weighted by molar-refractivity contribution is 5.92. The molecule has 1 fully saturated rings. The molecule has 1 aliphatic rings. The summed E-state index contributed by atoms with van der Waals surface area (Å²) < 4.78 is 38.7. The van der Waals surface area contributed by atoms with E-state index in [4.69, 9.17) is 5.73 Å². The Balaban J connectivity index is 1.86. The normalized spacial score (nSPS) is 18.5. The van der Waals surface area contributed by atoms with Crippen LogP contribution >= 0.6 is 0 Å². The first-order valence-corrected chi connectivity index (χ1v) is 8.34. The Morgan fingerprint density at radius 2 is 2.12 bits per heavy atom. The van der Waals surface area contributed by atoms with Gasteiger partial charge in [0.05, 0.1) is 11.1 Å². The molecular formula is C18H20F3N3O. The van der Waals surface area contributed by atoms with E-state index in [-0.39, 0.29) is 5.91 Å². The van der Waals surface area contributed by atoms with Crippen molar-refractivity contribution in [3.05, 3.63) is 36.0 Å². The molecule has 1 aromatic carbocycles. The number of piperidine rings is 1. The second kappa shape index (κ2) is 6.90. The predicted octanol–water partition coefficient (Wildman–Crippen LogP) is 3.74. The summed E-state index contributed by atoms with van der Waals surface area (Å²) in [4.78, 5) is 17.3. The van der Waals surface area contributed by atoms with Gasteiger partial charge in [0.2, 0.25) is 5.91 Å². The molecule has 134 valence electrons. The van der Waals surface area contributed by atoms with Gasteiger partial charge in [-0.05, 0) is 43.4 Å². The van der Waals surface area contributed by atoms with E-state index in [0.717, 1.165) is 50.2 Å². The van der Waals surface area contributed by atoms with Crippen molar-refractivity contribution in [2.24, 2.45) is 11.7 Å². The Hall–Kier alpha value is -2.31. The summed E-state index contributed by atoms with van der Waals surface area (Å²) in [5.41, 5.74) is 5.76. The zero-order chi connectivity index (χ0) is 18.0. The minimum absolute atomic E-state index is 0.300. The maximum absolute atomic E-state index is 12.9. The number of nitrogens with zero attached hydrogens (tertiary/aromatic N) is 2. The van der Waals surface area contributed by atoms with Crippen LogP contribution in [0.15, 0.2) is 30.5 Å². The van der Waals surface area contributed by atoms with Crippen molar-refractivity contribution in [3.63, 3.8) is 0 Å². The molecule has 7 heteroatoms. The van der Waals surface area contributed by atoms with Gasteiger partial charge in [-0.3, -0.25) is 9.78 Å². The van der Waals surface area contributed by atoms with Crippen LogP contribution in [0.4, 0.5) is 18.9 Å². The lowest BCUT2D eigenvalue weighted by atomic mass is 9.92. The van der Waals surface area contributed by atoms with Crippen molar-refractivity contribution in [1.29, 1.82) is 0 Å². The largest absolute Gasteiger partial charge is 0.416 e. The molecule has 1 amide bonds. The molecule has 4 nitrogen and oxygen atoms in total. The van der Waals surface area contributed by atoms with Gasteiger partial charge in [0, 0.05) is 36.8 Å². The topological polar surface area (TPSA) is 59.2 Å². The van der Waals surface area contributed by atoms with Crippen molar-refractivity contribution in [3.8, 4) is 0 Å². The minimum Gasteiger partial charge on any atom is -0.371 e. The third-order valence-corrected chi connectivity index (χ3v) is 4.71. The number of rotatable bonds is 4. The lowest BCUT2D eigenvalue weighted by Crippen LogP contribution is -2.36. The van der Waals surface area contributed by atoms with E-state index in [1.54, 1.807) is 6.20 Å². The SMILES string of the molecule is NC(=O)CCC1CCCN(c2ccnc3cc(C(F)(F)F)ccc23)C1. The highest BCUT2D eigenvalue weighted by Crippen LogP contribution is 2.35. The van der Waals surface area contributed by atoms with Crippen LogP contribution in [0, 0.1) is 5.92 Å². The fourth-order valence-electron chi connectivity index (χ4n) is 3.45. The van der Waals surface area contributed by atoms with E-state index in [1.165, 1.54) is 6.07 Å². The van der Waals surface area contributed by atoms with Gasteiger partial charge in [0.15, 0.2) is 0 Å². The average molecular weight is 351 g/mol. The van der Waals surface area contributed by atoms with E-state index < -0.39 is 11.7 Å². The third-order valence-electron chi connectivity index (χ3n) is 4.71. The summed E-state index contributed by atoms with van der Waals surface area (Å²) in [7, 11) is 0. The van der Waals surface area contributed by atoms with Crippen LogP contribution in [-0.2, 0) is 11.0 Å². The van der Waals surface area contributed by atoms with Crippen molar-refractivity contribution in [2.45, 2.75) is 31.9 Å². The van der Waals surface area contributed by atoms with Crippen LogP contribution in [0.2, 0.25) is 0 Å². The summed E-state index contributed by atoms with van der Waals surface area (Å²) in [6.45, 7) is 1.61. The first kappa shape index (κ1) is 17.5. The zero-order valence-corrected chi connectivity index (χ0v) is 13.7. The van der Waals surface area contributed by atoms with Crippen molar-refractivity contribution >= 4 is 22.5 Å². The molecule has 1 unspecified atom stereocenters. The predicted molar refractivity (Wildman–Crippen MR) is 90.1 cm³/mol. The van der Waals surface area contributed by atoms with Crippen molar-refractivity contribution < 1.29 is 18.0 Å². The number of benzene rings is 1. The number of primary amides is 1. The summed E-state index contributed by atoms with van der Waals surface area (Å²) in [5.74, 6) is 0.0603. The molecule has 0 radical (unpaired) electrons. The Kier molecular flexibility index (Phi) is 4.83. The molecule has 2 heterocycles. The Morgan fingerprint density at radius 1 is 1.32 bits per heavy atom. The molecule has 0 spiro atoms. The number of alkyl halides is 3. The molecule has 1 aromatic heterocycles. The molecule has 2 N–H and O–H groups in total. The number of nitrogens with two attached hydrogens (primary N) is 1. The van der Waals surface area contributed by atoms with E-state index in [0.29, 0.717) is 23.2 Å². The molecule has 1 aliphatic heterocycles. The smallest absolute Gasteiger partial charge is 0.371 e. The third kappa shape index (κ3) is 4.03. The van der Waals surface area contributed by atoms with Gasteiger partial charge in [-0.25, -0.2) is 0 Å². The molecule has 2 aromatic rings. The van der Waals surface area contributed by atoms with Crippen LogP contribution < -0.4 is 10.6 Å². The number of fused-ring (bicyclic) bond motifs is 1. The number of pyridine rings is 1. The van der Waals surface area contributed by atoms with E-state index in [9.17, 15) is 18.0 Å². The highest BCUT2D eigenvalue weighted by atomic mass is 19.4. The van der Waals surface area contributed by atoms with E-state index in [2.05, 4.69) is 9.88 Å². The molecule has 0 aliphatic carbocycles.